The van der Waals surface area contributed by atoms with Gasteiger partial charge in [-0.15, -0.1) is 11.3 Å². The van der Waals surface area contributed by atoms with Gasteiger partial charge >= 0.3 is 0 Å². The summed E-state index contributed by atoms with van der Waals surface area (Å²) in [4.78, 5) is 46.7. The maximum Gasteiger partial charge on any atom is 0.261 e. The molecule has 0 bridgehead atoms. The molecular formula is C20H16N4O3S. The number of carbonyl (C=O) groups is 3. The number of thiazole rings is 1. The number of amides is 3. The van der Waals surface area contributed by atoms with Crippen molar-refractivity contribution in [2.24, 2.45) is 0 Å². The smallest absolute Gasteiger partial charge is 0.261 e. The van der Waals surface area contributed by atoms with Crippen molar-refractivity contribution in [3.05, 3.63) is 64.3 Å². The van der Waals surface area contributed by atoms with Crippen molar-refractivity contribution in [2.75, 3.05) is 12.4 Å². The Morgan fingerprint density at radius 3 is 2.57 bits per heavy atom. The first-order chi connectivity index (χ1) is 13.5. The predicted octanol–water partition coefficient (Wildman–Crippen LogP) is 2.92. The van der Waals surface area contributed by atoms with Crippen molar-refractivity contribution >= 4 is 34.9 Å². The summed E-state index contributed by atoms with van der Waals surface area (Å²) in [6.45, 7) is 1.78. The van der Waals surface area contributed by atoms with Crippen molar-refractivity contribution in [3.63, 3.8) is 0 Å². The molecule has 3 heterocycles. The van der Waals surface area contributed by atoms with Gasteiger partial charge in [-0.1, -0.05) is 12.1 Å². The minimum Gasteiger partial charge on any atom is -0.310 e. The second kappa shape index (κ2) is 6.97. The fourth-order valence-electron chi connectivity index (χ4n) is 3.17. The second-order valence-corrected chi connectivity index (χ2v) is 7.35. The number of aromatic nitrogens is 2. The van der Waals surface area contributed by atoms with Gasteiger partial charge in [0.05, 0.1) is 17.5 Å². The Balaban J connectivity index is 1.52. The highest BCUT2D eigenvalue weighted by atomic mass is 32.1. The number of imide groups is 1. The zero-order valence-electron chi connectivity index (χ0n) is 15.2. The van der Waals surface area contributed by atoms with Gasteiger partial charge in [0.2, 0.25) is 5.91 Å². The van der Waals surface area contributed by atoms with Gasteiger partial charge in [-0.3, -0.25) is 19.3 Å². The summed E-state index contributed by atoms with van der Waals surface area (Å²) in [5.74, 6) is -0.611. The number of hydrogen-bond acceptors (Lipinski definition) is 6. The van der Waals surface area contributed by atoms with Crippen LogP contribution >= 0.6 is 11.3 Å². The van der Waals surface area contributed by atoms with Crippen molar-refractivity contribution < 1.29 is 14.4 Å². The zero-order chi connectivity index (χ0) is 19.8. The number of aryl methyl sites for hydroxylation is 1. The van der Waals surface area contributed by atoms with Crippen LogP contribution < -0.4 is 5.32 Å². The van der Waals surface area contributed by atoms with Crippen LogP contribution in [-0.4, -0.2) is 39.6 Å². The first-order valence-electron chi connectivity index (χ1n) is 8.56. The fraction of sp³-hybridized carbons (Fsp3) is 0.150. The summed E-state index contributed by atoms with van der Waals surface area (Å²) < 4.78 is 0. The molecule has 0 saturated heterocycles. The van der Waals surface area contributed by atoms with Crippen LogP contribution in [0, 0.1) is 6.92 Å². The van der Waals surface area contributed by atoms with Crippen LogP contribution in [-0.2, 0) is 11.2 Å². The molecule has 4 rings (SSSR count). The minimum atomic E-state index is -0.377. The molecule has 0 unspecified atom stereocenters. The van der Waals surface area contributed by atoms with E-state index >= 15 is 0 Å². The lowest BCUT2D eigenvalue weighted by Crippen LogP contribution is -2.25. The molecule has 2 aromatic heterocycles. The highest BCUT2D eigenvalue weighted by Gasteiger charge is 2.36. The van der Waals surface area contributed by atoms with E-state index in [9.17, 15) is 14.4 Å². The van der Waals surface area contributed by atoms with Crippen molar-refractivity contribution in [1.29, 1.82) is 0 Å². The van der Waals surface area contributed by atoms with Crippen LogP contribution in [0.1, 0.15) is 31.8 Å². The topological polar surface area (TPSA) is 92.3 Å². The van der Waals surface area contributed by atoms with E-state index < -0.39 is 0 Å². The fourth-order valence-corrected chi connectivity index (χ4v) is 3.79. The highest BCUT2D eigenvalue weighted by molar-refractivity contribution is 7.13. The largest absolute Gasteiger partial charge is 0.310 e. The monoisotopic (exact) mass is 392 g/mol. The second-order valence-electron chi connectivity index (χ2n) is 6.46. The van der Waals surface area contributed by atoms with Crippen LogP contribution in [0.4, 0.5) is 5.82 Å². The molecular weight excluding hydrogens is 376 g/mol. The van der Waals surface area contributed by atoms with Crippen molar-refractivity contribution in [3.8, 4) is 10.6 Å². The number of anilines is 1. The Morgan fingerprint density at radius 2 is 1.89 bits per heavy atom. The van der Waals surface area contributed by atoms with E-state index in [0.29, 0.717) is 22.5 Å². The quantitative estimate of drug-likeness (QED) is 0.689. The molecule has 7 nitrogen and oxygen atoms in total. The lowest BCUT2D eigenvalue weighted by molar-refractivity contribution is -0.115. The van der Waals surface area contributed by atoms with Gasteiger partial charge in [-0.25, -0.2) is 9.97 Å². The Morgan fingerprint density at radius 1 is 1.11 bits per heavy atom. The molecule has 3 aromatic rings. The zero-order valence-corrected chi connectivity index (χ0v) is 16.0. The summed E-state index contributed by atoms with van der Waals surface area (Å²) in [6.07, 6.45) is 3.35. The molecule has 1 N–H and O–H groups in total. The van der Waals surface area contributed by atoms with Crippen LogP contribution in [0.25, 0.3) is 10.6 Å². The maximum atomic E-state index is 12.5. The van der Waals surface area contributed by atoms with Gasteiger partial charge in [-0.2, -0.15) is 0 Å². The normalized spacial score (nSPS) is 13.0. The molecule has 1 aliphatic heterocycles. The Kier molecular flexibility index (Phi) is 4.48. The molecule has 0 aliphatic carbocycles. The summed E-state index contributed by atoms with van der Waals surface area (Å²) >= 11 is 1.51. The van der Waals surface area contributed by atoms with Crippen LogP contribution in [0.15, 0.2) is 42.0 Å². The number of fused-ring (bicyclic) bond motifs is 1. The van der Waals surface area contributed by atoms with Gasteiger partial charge in [0.1, 0.15) is 10.8 Å². The number of benzene rings is 1. The van der Waals surface area contributed by atoms with E-state index in [-0.39, 0.29) is 24.1 Å². The van der Waals surface area contributed by atoms with E-state index in [1.165, 1.54) is 18.4 Å². The number of hydrogen-bond donors (Lipinski definition) is 1. The van der Waals surface area contributed by atoms with Crippen molar-refractivity contribution in [1.82, 2.24) is 14.9 Å². The van der Waals surface area contributed by atoms with E-state index in [1.807, 2.05) is 11.4 Å². The lowest BCUT2D eigenvalue weighted by atomic mass is 9.96. The molecule has 0 fully saturated rings. The molecule has 1 aliphatic rings. The van der Waals surface area contributed by atoms with Gasteiger partial charge in [0.15, 0.2) is 0 Å². The predicted molar refractivity (Wildman–Crippen MR) is 105 cm³/mol. The van der Waals surface area contributed by atoms with Gasteiger partial charge in [-0.05, 0) is 30.2 Å². The third kappa shape index (κ3) is 3.07. The number of nitrogens with zero attached hydrogens (tertiary/aromatic N) is 3. The SMILES string of the molecule is Cc1ccc(CC(=O)Nc2ccc(-c3nccs3)cn2)c2c1C(=O)N(C)C2=O. The van der Waals surface area contributed by atoms with E-state index in [2.05, 4.69) is 15.3 Å². The molecule has 0 atom stereocenters. The van der Waals surface area contributed by atoms with Crippen LogP contribution in [0.3, 0.4) is 0 Å². The van der Waals surface area contributed by atoms with Gasteiger partial charge in [0.25, 0.3) is 11.8 Å². The Hall–Kier alpha value is -3.39. The van der Waals surface area contributed by atoms with Crippen LogP contribution in [0.2, 0.25) is 0 Å². The molecule has 0 spiro atoms. The highest BCUT2D eigenvalue weighted by Crippen LogP contribution is 2.28. The van der Waals surface area contributed by atoms with Gasteiger partial charge < -0.3 is 5.32 Å². The molecule has 1 aromatic carbocycles. The van der Waals surface area contributed by atoms with Crippen molar-refractivity contribution in [2.45, 2.75) is 13.3 Å². The minimum absolute atomic E-state index is 0.0224. The molecule has 0 saturated carbocycles. The summed E-state index contributed by atoms with van der Waals surface area (Å²) in [5, 5.41) is 5.47. The number of nitrogens with one attached hydrogen (secondary N) is 1. The summed E-state index contributed by atoms with van der Waals surface area (Å²) in [7, 11) is 1.45. The third-order valence-corrected chi connectivity index (χ3v) is 5.42. The molecule has 3 amide bonds. The van der Waals surface area contributed by atoms with E-state index in [4.69, 9.17) is 0 Å². The Labute approximate surface area is 165 Å². The summed E-state index contributed by atoms with van der Waals surface area (Å²) in [5.41, 5.74) is 2.82. The first kappa shape index (κ1) is 18.0. The Bertz CT molecular complexity index is 1090. The molecule has 0 radical (unpaired) electrons. The molecule has 140 valence electrons. The number of rotatable bonds is 4. The third-order valence-electron chi connectivity index (χ3n) is 4.60. The maximum absolute atomic E-state index is 12.5. The van der Waals surface area contributed by atoms with E-state index in [1.54, 1.807) is 37.5 Å². The number of carbonyl (C=O) groups excluding carboxylic acids is 3. The molecule has 8 heteroatoms. The lowest BCUT2D eigenvalue weighted by Gasteiger charge is -2.09. The van der Waals surface area contributed by atoms with Gasteiger partial charge in [0, 0.05) is 30.4 Å². The van der Waals surface area contributed by atoms with Crippen LogP contribution in [0.5, 0.6) is 0 Å². The average molecular weight is 392 g/mol. The summed E-state index contributed by atoms with van der Waals surface area (Å²) in [6, 6.07) is 7.02. The van der Waals surface area contributed by atoms with E-state index in [0.717, 1.165) is 21.0 Å². The molecule has 28 heavy (non-hydrogen) atoms. The average Bonchev–Trinajstić information content (AvgIpc) is 3.29. The first-order valence-corrected chi connectivity index (χ1v) is 9.44. The standard InChI is InChI=1S/C20H16N4O3S/c1-11-3-4-12(17-16(11)19(26)24(2)20(17)27)9-15(25)23-14-6-5-13(10-22-14)18-21-7-8-28-18/h3-8,10H,9H2,1-2H3,(H,22,23,25). The number of pyridine rings is 1.